The van der Waals surface area contributed by atoms with E-state index in [0.717, 1.165) is 21.2 Å². The second-order valence-corrected chi connectivity index (χ2v) is 23.4. The second-order valence-electron chi connectivity index (χ2n) is 20.0. The summed E-state index contributed by atoms with van der Waals surface area (Å²) in [5, 5.41) is 31.5. The van der Waals surface area contributed by atoms with E-state index >= 15 is 0 Å². The van der Waals surface area contributed by atoms with E-state index in [2.05, 4.69) is 25.4 Å². The lowest BCUT2D eigenvalue weighted by molar-refractivity contribution is -0.145. The number of imide groups is 1. The average Bonchev–Trinajstić information content (AvgIpc) is 4.12. The van der Waals surface area contributed by atoms with Crippen molar-refractivity contribution in [3.63, 3.8) is 0 Å². The highest BCUT2D eigenvalue weighted by Crippen LogP contribution is 2.32. The molecular weight excluding hydrogens is 1050 g/mol. The molecule has 2 aliphatic heterocycles. The largest absolute Gasteiger partial charge is 0.391 e. The number of carbonyl (C=O) groups is 6. The van der Waals surface area contributed by atoms with E-state index in [1.807, 2.05) is 50.1 Å². The Morgan fingerprint density at radius 2 is 0.861 bits per heavy atom. The number of β-amino-alcohol motifs (C(OH)–C–C–N with tert-alkyl or cyclic N) is 2. The fourth-order valence-electron chi connectivity index (χ4n) is 10.1. The molecule has 0 aliphatic carbocycles. The SMILES string of the molecule is CN(C)c1cccc2c(S(=O)(=O)NCC(=O)N[C@@H](Cc3ccccc3)C(=O)N3C[C@H](O)C[C@H]3C(=O)NC(=O)[C@@H]3C[C@@H](O)CN3C(=O)[C@H](Cc3ccccc3)NC(=O)CNS(=O)(=O)c3cccc4c(N(C)C)cccc34)cccc12. The van der Waals surface area contributed by atoms with Crippen molar-refractivity contribution in [1.82, 2.24) is 35.2 Å². The molecule has 0 saturated carbocycles. The smallest absolute Gasteiger partial charge is 0.249 e. The number of anilines is 2. The number of fused-ring (bicyclic) bond motifs is 2. The van der Waals surface area contributed by atoms with Crippen LogP contribution in [0.15, 0.2) is 143 Å². The molecule has 2 saturated heterocycles. The third-order valence-corrected chi connectivity index (χ3v) is 16.8. The number of carbonyl (C=O) groups excluding carboxylic acids is 6. The van der Waals surface area contributed by atoms with Crippen LogP contribution < -0.4 is 35.2 Å². The Labute approximate surface area is 458 Å². The van der Waals surface area contributed by atoms with Crippen LogP contribution in [0.4, 0.5) is 11.4 Å². The Kier molecular flexibility index (Phi) is 17.8. The Balaban J connectivity index is 0.951. The molecule has 7 N–H and O–H groups in total. The van der Waals surface area contributed by atoms with Crippen molar-refractivity contribution < 1.29 is 55.8 Å². The highest BCUT2D eigenvalue weighted by molar-refractivity contribution is 7.90. The van der Waals surface area contributed by atoms with Crippen molar-refractivity contribution in [2.24, 2.45) is 0 Å². The molecule has 416 valence electrons. The van der Waals surface area contributed by atoms with Gasteiger partial charge in [-0.1, -0.05) is 109 Å². The van der Waals surface area contributed by atoms with Crippen LogP contribution in [0.1, 0.15) is 24.0 Å². The molecular formula is C56H63N9O12S2. The van der Waals surface area contributed by atoms with Crippen molar-refractivity contribution in [3.05, 3.63) is 145 Å². The second kappa shape index (κ2) is 24.5. The van der Waals surface area contributed by atoms with Gasteiger partial charge in [-0.15, -0.1) is 0 Å². The molecule has 2 heterocycles. The summed E-state index contributed by atoms with van der Waals surface area (Å²) in [7, 11) is -1.27. The number of nitrogens with one attached hydrogen (secondary N) is 5. The number of amides is 6. The first-order chi connectivity index (χ1) is 37.6. The highest BCUT2D eigenvalue weighted by Gasteiger charge is 2.46. The van der Waals surface area contributed by atoms with Crippen LogP contribution in [0, 0.1) is 0 Å². The maximum atomic E-state index is 14.5. The minimum Gasteiger partial charge on any atom is -0.391 e. The topological polar surface area (TPSA) is 284 Å². The quantitative estimate of drug-likeness (QED) is 0.0533. The number of rotatable bonds is 20. The van der Waals surface area contributed by atoms with Crippen LogP contribution >= 0.6 is 0 Å². The van der Waals surface area contributed by atoms with Gasteiger partial charge in [0.05, 0.1) is 35.1 Å². The predicted octanol–water partition coefficient (Wildman–Crippen LogP) is 1.40. The number of aliphatic hydroxyl groups is 2. The van der Waals surface area contributed by atoms with Crippen LogP contribution in [0.2, 0.25) is 0 Å². The van der Waals surface area contributed by atoms with E-state index in [9.17, 15) is 55.8 Å². The minimum atomic E-state index is -4.29. The summed E-state index contributed by atoms with van der Waals surface area (Å²) in [6.07, 6.45) is -3.35. The molecule has 0 radical (unpaired) electrons. The molecule has 8 rings (SSSR count). The standard InChI is InChI=1S/C56H63N9O12S2/c1-62(2)45-23-11-21-41-39(45)19-13-25-49(41)78(74,75)57-31-51(68)59-43(27-35-15-7-5-8-16-35)55(72)64-33-37(66)29-47(64)53(70)61-54(71)48-30-38(67)34-65(48)56(73)44(28-36-17-9-6-10-18-36)60-52(69)32-58-79(76,77)50-26-14-20-40-42(50)22-12-24-46(40)63(3)4/h5-26,37-38,43-44,47-48,57-58,66-67H,27-34H2,1-4H3,(H,59,68)(H,60,69)(H,61,70,71)/t37-,38-,43+,44+,47+,48+/m1/s1. The summed E-state index contributed by atoms with van der Waals surface area (Å²) < 4.78 is 59.5. The zero-order chi connectivity index (χ0) is 56.8. The van der Waals surface area contributed by atoms with Gasteiger partial charge in [-0.3, -0.25) is 34.1 Å². The Morgan fingerprint density at radius 3 is 1.23 bits per heavy atom. The zero-order valence-corrected chi connectivity index (χ0v) is 45.5. The lowest BCUT2D eigenvalue weighted by Crippen LogP contribution is -2.58. The molecule has 0 bridgehead atoms. The molecule has 0 spiro atoms. The van der Waals surface area contributed by atoms with Crippen molar-refractivity contribution in [2.75, 3.05) is 64.2 Å². The molecule has 2 fully saturated rings. The molecule has 23 heteroatoms. The fraction of sp³-hybridized carbons (Fsp3) is 0.321. The molecule has 21 nitrogen and oxygen atoms in total. The molecule has 0 unspecified atom stereocenters. The van der Waals surface area contributed by atoms with Crippen molar-refractivity contribution in [2.45, 2.75) is 71.8 Å². The maximum absolute atomic E-state index is 14.5. The van der Waals surface area contributed by atoms with E-state index in [0.29, 0.717) is 32.7 Å². The normalized spacial score (nSPS) is 18.2. The summed E-state index contributed by atoms with van der Waals surface area (Å²) in [6.45, 7) is -2.30. The van der Waals surface area contributed by atoms with Crippen LogP contribution in [0.5, 0.6) is 0 Å². The van der Waals surface area contributed by atoms with Crippen molar-refractivity contribution in [3.8, 4) is 0 Å². The van der Waals surface area contributed by atoms with E-state index in [-0.39, 0.29) is 48.6 Å². The summed E-state index contributed by atoms with van der Waals surface area (Å²) in [5.74, 6) is -5.45. The monoisotopic (exact) mass is 1120 g/mol. The van der Waals surface area contributed by atoms with Gasteiger partial charge in [0, 0.05) is 99.9 Å². The Bertz CT molecular complexity index is 3270. The van der Waals surface area contributed by atoms with Gasteiger partial charge >= 0.3 is 0 Å². The van der Waals surface area contributed by atoms with Crippen LogP contribution in [-0.4, -0.2) is 163 Å². The number of hydrogen-bond donors (Lipinski definition) is 7. The highest BCUT2D eigenvalue weighted by atomic mass is 32.2. The van der Waals surface area contributed by atoms with Crippen LogP contribution in [0.25, 0.3) is 21.5 Å². The van der Waals surface area contributed by atoms with Crippen LogP contribution in [-0.2, 0) is 61.7 Å². The predicted molar refractivity (Wildman–Crippen MR) is 296 cm³/mol. The number of likely N-dealkylation sites (tertiary alicyclic amines) is 2. The first-order valence-corrected chi connectivity index (χ1v) is 28.4. The Morgan fingerprint density at radius 1 is 0.506 bits per heavy atom. The van der Waals surface area contributed by atoms with E-state index in [4.69, 9.17) is 0 Å². The van der Waals surface area contributed by atoms with Gasteiger partial charge in [-0.05, 0) is 35.4 Å². The molecule has 6 atom stereocenters. The number of hydrogen-bond acceptors (Lipinski definition) is 14. The van der Waals surface area contributed by atoms with E-state index in [1.165, 1.54) is 12.1 Å². The first-order valence-electron chi connectivity index (χ1n) is 25.5. The maximum Gasteiger partial charge on any atom is 0.249 e. The summed E-state index contributed by atoms with van der Waals surface area (Å²) in [6, 6.07) is 31.4. The molecule has 2 aliphatic rings. The number of aliphatic hydroxyl groups excluding tert-OH is 2. The number of benzene rings is 6. The van der Waals surface area contributed by atoms with Gasteiger partial charge in [-0.2, -0.15) is 0 Å². The van der Waals surface area contributed by atoms with Crippen molar-refractivity contribution in [1.29, 1.82) is 0 Å². The molecule has 6 aromatic carbocycles. The molecule has 79 heavy (non-hydrogen) atoms. The lowest BCUT2D eigenvalue weighted by Gasteiger charge is -2.30. The minimum absolute atomic E-state index is 0.0679. The van der Waals surface area contributed by atoms with Gasteiger partial charge < -0.3 is 40.4 Å². The van der Waals surface area contributed by atoms with E-state index < -0.39 is 105 Å². The third kappa shape index (κ3) is 13.4. The number of nitrogens with zero attached hydrogens (tertiary/aromatic N) is 4. The Hall–Kier alpha value is -7.80. The number of sulfonamides is 2. The lowest BCUT2D eigenvalue weighted by atomic mass is 10.0. The van der Waals surface area contributed by atoms with Gasteiger partial charge in [0.25, 0.3) is 0 Å². The average molecular weight is 1120 g/mol. The van der Waals surface area contributed by atoms with Crippen LogP contribution in [0.3, 0.4) is 0 Å². The van der Waals surface area contributed by atoms with Gasteiger partial charge in [0.1, 0.15) is 24.2 Å². The summed E-state index contributed by atoms with van der Waals surface area (Å²) in [5.41, 5.74) is 2.74. The zero-order valence-electron chi connectivity index (χ0n) is 43.9. The molecule has 0 aromatic heterocycles. The fourth-order valence-corrected chi connectivity index (χ4v) is 12.5. The summed E-state index contributed by atoms with van der Waals surface area (Å²) >= 11 is 0. The summed E-state index contributed by atoms with van der Waals surface area (Å²) in [4.78, 5) is 90.2. The molecule has 6 aromatic rings. The van der Waals surface area contributed by atoms with Gasteiger partial charge in [-0.25, -0.2) is 26.3 Å². The first kappa shape index (κ1) is 57.4. The van der Waals surface area contributed by atoms with E-state index in [1.54, 1.807) is 109 Å². The van der Waals surface area contributed by atoms with Gasteiger partial charge in [0.2, 0.25) is 55.5 Å². The van der Waals surface area contributed by atoms with Crippen molar-refractivity contribution >= 4 is 88.4 Å². The third-order valence-electron chi connectivity index (χ3n) is 13.9. The molecule has 6 amide bonds. The van der Waals surface area contributed by atoms with Gasteiger partial charge in [0.15, 0.2) is 0 Å².